The van der Waals surface area contributed by atoms with Gasteiger partial charge in [0.1, 0.15) is 0 Å². The molecule has 0 saturated heterocycles. The molecule has 1 fully saturated rings. The van der Waals surface area contributed by atoms with Crippen molar-refractivity contribution in [3.05, 3.63) is 0 Å². The molecule has 0 aromatic heterocycles. The molecule has 1 saturated carbocycles. The van der Waals surface area contributed by atoms with E-state index in [1.165, 1.54) is 0 Å². The molecule has 0 unspecified atom stereocenters. The van der Waals surface area contributed by atoms with Gasteiger partial charge in [0.15, 0.2) is 0 Å². The second kappa shape index (κ2) is 6.30. The van der Waals surface area contributed by atoms with Crippen molar-refractivity contribution in [3.63, 3.8) is 0 Å². The molecule has 0 spiro atoms. The van der Waals surface area contributed by atoms with Gasteiger partial charge in [-0.15, -0.1) is 0 Å². The predicted molar refractivity (Wildman–Crippen MR) is 57.7 cm³/mol. The number of hydrogen-bond acceptors (Lipinski definition) is 3. The Labute approximate surface area is 89.2 Å². The van der Waals surface area contributed by atoms with Crippen LogP contribution in [0.5, 0.6) is 0 Å². The van der Waals surface area contributed by atoms with Crippen LogP contribution in [0.1, 0.15) is 25.7 Å². The van der Waals surface area contributed by atoms with Gasteiger partial charge >= 0.3 is 5.97 Å². The molecular formula is C10H18O3S. The highest BCUT2D eigenvalue weighted by Crippen LogP contribution is 2.26. The summed E-state index contributed by atoms with van der Waals surface area (Å²) < 4.78 is 5.64. The number of hydrogen-bond donors (Lipinski definition) is 1. The number of thioether (sulfide) groups is 1. The third kappa shape index (κ3) is 3.88. The first-order chi connectivity index (χ1) is 6.74. The summed E-state index contributed by atoms with van der Waals surface area (Å²) in [6.07, 6.45) is 5.73. The topological polar surface area (TPSA) is 46.5 Å². The summed E-state index contributed by atoms with van der Waals surface area (Å²) >= 11 is 1.78. The maximum absolute atomic E-state index is 10.7. The molecule has 0 aromatic rings. The molecule has 0 radical (unpaired) electrons. The molecule has 0 aliphatic heterocycles. The lowest BCUT2D eigenvalue weighted by atomic mass is 9.87. The smallest absolute Gasteiger partial charge is 0.306 e. The Balaban J connectivity index is 2.12. The van der Waals surface area contributed by atoms with Crippen LogP contribution in [-0.2, 0) is 9.53 Å². The zero-order valence-corrected chi connectivity index (χ0v) is 9.39. The Kier molecular flexibility index (Phi) is 5.33. The molecule has 0 heterocycles. The summed E-state index contributed by atoms with van der Waals surface area (Å²) in [5.74, 6) is 0.252. The van der Waals surface area contributed by atoms with Gasteiger partial charge in [-0.2, -0.15) is 11.8 Å². The second-order valence-electron chi connectivity index (χ2n) is 3.68. The van der Waals surface area contributed by atoms with Crippen molar-refractivity contribution < 1.29 is 14.6 Å². The quantitative estimate of drug-likeness (QED) is 0.717. The standard InChI is InChI=1S/C10H18O3S/c1-14-7-6-13-9-4-2-8(3-5-9)10(11)12/h8-9H,2-7H2,1H3,(H,11,12). The Morgan fingerprint density at radius 3 is 2.57 bits per heavy atom. The minimum atomic E-state index is -0.646. The molecule has 4 heteroatoms. The van der Waals surface area contributed by atoms with E-state index < -0.39 is 5.97 Å². The molecule has 1 aliphatic rings. The number of carboxylic acid groups (broad SMARTS) is 1. The van der Waals surface area contributed by atoms with Crippen LogP contribution in [0.4, 0.5) is 0 Å². The van der Waals surface area contributed by atoms with E-state index in [0.29, 0.717) is 6.10 Å². The van der Waals surface area contributed by atoms with E-state index in [4.69, 9.17) is 9.84 Å². The molecule has 0 amide bonds. The van der Waals surface area contributed by atoms with Gasteiger partial charge in [0, 0.05) is 5.75 Å². The second-order valence-corrected chi connectivity index (χ2v) is 4.66. The Hall–Kier alpha value is -0.220. The zero-order valence-electron chi connectivity index (χ0n) is 8.57. The first-order valence-electron chi connectivity index (χ1n) is 5.07. The average molecular weight is 218 g/mol. The summed E-state index contributed by atoms with van der Waals surface area (Å²) in [6, 6.07) is 0. The van der Waals surface area contributed by atoms with Crippen LogP contribution in [0.2, 0.25) is 0 Å². The van der Waals surface area contributed by atoms with E-state index in [2.05, 4.69) is 6.26 Å². The van der Waals surface area contributed by atoms with Gasteiger partial charge in [-0.1, -0.05) is 0 Å². The van der Waals surface area contributed by atoms with Crippen LogP contribution in [-0.4, -0.2) is 35.8 Å². The van der Waals surface area contributed by atoms with Gasteiger partial charge in [0.25, 0.3) is 0 Å². The SMILES string of the molecule is CSCCOC1CCC(C(=O)O)CC1. The van der Waals surface area contributed by atoms with Gasteiger partial charge in [-0.3, -0.25) is 4.79 Å². The summed E-state index contributed by atoms with van der Waals surface area (Å²) in [5, 5.41) is 8.79. The lowest BCUT2D eigenvalue weighted by molar-refractivity contribution is -0.143. The van der Waals surface area contributed by atoms with E-state index in [0.717, 1.165) is 38.0 Å². The van der Waals surface area contributed by atoms with Gasteiger partial charge in [-0.25, -0.2) is 0 Å². The highest BCUT2D eigenvalue weighted by Gasteiger charge is 2.25. The number of carboxylic acids is 1. The zero-order chi connectivity index (χ0) is 10.4. The Morgan fingerprint density at radius 2 is 2.07 bits per heavy atom. The maximum atomic E-state index is 10.7. The molecule has 0 atom stereocenters. The van der Waals surface area contributed by atoms with Gasteiger partial charge in [0.05, 0.1) is 18.6 Å². The minimum Gasteiger partial charge on any atom is -0.481 e. The molecule has 14 heavy (non-hydrogen) atoms. The van der Waals surface area contributed by atoms with Gasteiger partial charge < -0.3 is 9.84 Å². The van der Waals surface area contributed by atoms with Crippen LogP contribution >= 0.6 is 11.8 Å². The third-order valence-corrected chi connectivity index (χ3v) is 3.24. The number of aliphatic carboxylic acids is 1. The van der Waals surface area contributed by atoms with E-state index in [9.17, 15) is 4.79 Å². The van der Waals surface area contributed by atoms with Crippen molar-refractivity contribution in [1.82, 2.24) is 0 Å². The lowest BCUT2D eigenvalue weighted by Gasteiger charge is -2.26. The largest absolute Gasteiger partial charge is 0.481 e. The average Bonchev–Trinajstić information content (AvgIpc) is 2.19. The predicted octanol–water partition coefficient (Wildman–Crippen LogP) is 2.01. The Bertz CT molecular complexity index is 176. The highest BCUT2D eigenvalue weighted by atomic mass is 32.2. The molecule has 0 bridgehead atoms. The maximum Gasteiger partial charge on any atom is 0.306 e. The lowest BCUT2D eigenvalue weighted by Crippen LogP contribution is -2.26. The van der Waals surface area contributed by atoms with E-state index in [-0.39, 0.29) is 5.92 Å². The fraction of sp³-hybridized carbons (Fsp3) is 0.900. The summed E-state index contributed by atoms with van der Waals surface area (Å²) in [4.78, 5) is 10.7. The fourth-order valence-corrected chi connectivity index (χ4v) is 2.04. The van der Waals surface area contributed by atoms with Crippen molar-refractivity contribution >= 4 is 17.7 Å². The van der Waals surface area contributed by atoms with Crippen molar-refractivity contribution in [2.24, 2.45) is 5.92 Å². The van der Waals surface area contributed by atoms with Gasteiger partial charge in [0.2, 0.25) is 0 Å². The first kappa shape index (κ1) is 11.9. The molecular weight excluding hydrogens is 200 g/mol. The van der Waals surface area contributed by atoms with E-state index in [1.807, 2.05) is 0 Å². The van der Waals surface area contributed by atoms with Crippen molar-refractivity contribution in [2.75, 3.05) is 18.6 Å². The van der Waals surface area contributed by atoms with Gasteiger partial charge in [-0.05, 0) is 31.9 Å². The highest BCUT2D eigenvalue weighted by molar-refractivity contribution is 7.98. The van der Waals surface area contributed by atoms with E-state index >= 15 is 0 Å². The fourth-order valence-electron chi connectivity index (χ4n) is 1.77. The molecule has 1 N–H and O–H groups in total. The normalized spacial score (nSPS) is 27.5. The summed E-state index contributed by atoms with van der Waals surface area (Å²) in [6.45, 7) is 0.795. The van der Waals surface area contributed by atoms with Crippen LogP contribution in [0.15, 0.2) is 0 Å². The van der Waals surface area contributed by atoms with Crippen molar-refractivity contribution in [3.8, 4) is 0 Å². The van der Waals surface area contributed by atoms with E-state index in [1.54, 1.807) is 11.8 Å². The molecule has 3 nitrogen and oxygen atoms in total. The number of ether oxygens (including phenoxy) is 1. The van der Waals surface area contributed by atoms with Crippen molar-refractivity contribution in [1.29, 1.82) is 0 Å². The molecule has 1 rings (SSSR count). The number of rotatable bonds is 5. The number of carbonyl (C=O) groups is 1. The van der Waals surface area contributed by atoms with Crippen LogP contribution in [0, 0.1) is 5.92 Å². The Morgan fingerprint density at radius 1 is 1.43 bits per heavy atom. The van der Waals surface area contributed by atoms with Crippen LogP contribution < -0.4 is 0 Å². The summed E-state index contributed by atoms with van der Waals surface area (Å²) in [7, 11) is 0. The third-order valence-electron chi connectivity index (χ3n) is 2.66. The molecule has 0 aromatic carbocycles. The monoisotopic (exact) mass is 218 g/mol. The minimum absolute atomic E-state index is 0.129. The molecule has 82 valence electrons. The van der Waals surface area contributed by atoms with Crippen LogP contribution in [0.25, 0.3) is 0 Å². The first-order valence-corrected chi connectivity index (χ1v) is 6.46. The van der Waals surface area contributed by atoms with Crippen molar-refractivity contribution in [2.45, 2.75) is 31.8 Å². The summed E-state index contributed by atoms with van der Waals surface area (Å²) in [5.41, 5.74) is 0. The molecule has 1 aliphatic carbocycles. The van der Waals surface area contributed by atoms with Crippen LogP contribution in [0.3, 0.4) is 0 Å².